The molecule has 0 N–H and O–H groups in total. The van der Waals surface area contributed by atoms with Crippen LogP contribution < -0.4 is 0 Å². The first-order chi connectivity index (χ1) is 8.49. The fourth-order valence-electron chi connectivity index (χ4n) is 1.78. The number of carbonyl (C=O) groups excluding carboxylic acids is 1. The summed E-state index contributed by atoms with van der Waals surface area (Å²) in [5, 5.41) is 8.28. The number of hydrogen-bond acceptors (Lipinski definition) is 3. The summed E-state index contributed by atoms with van der Waals surface area (Å²) in [4.78, 5) is 12.0. The van der Waals surface area contributed by atoms with Crippen LogP contribution in [-0.4, -0.2) is 25.3 Å². The lowest BCUT2D eigenvalue weighted by atomic mass is 10.1. The molecular formula is C13H16N4O. The first kappa shape index (κ1) is 12.3. The quantitative estimate of drug-likeness (QED) is 0.609. The predicted molar refractivity (Wildman–Crippen MR) is 69.3 cm³/mol. The highest BCUT2D eigenvalue weighted by Crippen LogP contribution is 2.11. The Balaban J connectivity index is 2.22. The first-order valence-electron chi connectivity index (χ1n) is 5.70. The highest BCUT2D eigenvalue weighted by molar-refractivity contribution is 6.07. The maximum absolute atomic E-state index is 12.0. The fourth-order valence-corrected chi connectivity index (χ4v) is 1.78. The molecule has 0 bridgehead atoms. The molecule has 5 heteroatoms. The van der Waals surface area contributed by atoms with Crippen LogP contribution in [0.5, 0.6) is 0 Å². The van der Waals surface area contributed by atoms with E-state index in [2.05, 4.69) is 10.2 Å². The summed E-state index contributed by atoms with van der Waals surface area (Å²) in [5.41, 5.74) is 3.36. The minimum atomic E-state index is -0.0381. The van der Waals surface area contributed by atoms with Gasteiger partial charge in [-0.15, -0.1) is 0 Å². The second-order valence-corrected chi connectivity index (χ2v) is 4.31. The van der Waals surface area contributed by atoms with Gasteiger partial charge in [0.2, 0.25) is 0 Å². The minimum Gasteiger partial charge on any atom is -0.289 e. The Hall–Kier alpha value is -2.17. The van der Waals surface area contributed by atoms with Crippen LogP contribution >= 0.6 is 0 Å². The van der Waals surface area contributed by atoms with E-state index in [0.29, 0.717) is 5.56 Å². The average molecular weight is 244 g/mol. The van der Waals surface area contributed by atoms with Gasteiger partial charge in [0.05, 0.1) is 17.5 Å². The molecule has 0 radical (unpaired) electrons. The van der Waals surface area contributed by atoms with Crippen molar-refractivity contribution in [2.24, 2.45) is 14.1 Å². The van der Waals surface area contributed by atoms with Crippen molar-refractivity contribution in [1.82, 2.24) is 19.6 Å². The summed E-state index contributed by atoms with van der Waals surface area (Å²) in [6.07, 6.45) is 6.83. The number of hydrogen-bond donors (Lipinski definition) is 0. The summed E-state index contributed by atoms with van der Waals surface area (Å²) >= 11 is 0. The Morgan fingerprint density at radius 1 is 1.33 bits per heavy atom. The standard InChI is InChI=1S/C13H16N4O/c1-9-11(8-16(3)15-9)5-6-13(18)12-7-14-17(4)10(12)2/h5-8H,1-4H3/b6-5+. The van der Waals surface area contributed by atoms with Crippen molar-refractivity contribution in [1.29, 1.82) is 0 Å². The van der Waals surface area contributed by atoms with E-state index in [4.69, 9.17) is 0 Å². The highest BCUT2D eigenvalue weighted by atomic mass is 16.1. The smallest absolute Gasteiger partial charge is 0.189 e. The Morgan fingerprint density at radius 2 is 2.06 bits per heavy atom. The molecule has 2 rings (SSSR count). The molecule has 0 aromatic carbocycles. The predicted octanol–water partition coefficient (Wildman–Crippen LogP) is 1.67. The number of allylic oxidation sites excluding steroid dienone is 1. The topological polar surface area (TPSA) is 52.7 Å². The number of ketones is 1. The number of rotatable bonds is 3. The van der Waals surface area contributed by atoms with Gasteiger partial charge in [-0.2, -0.15) is 10.2 Å². The molecule has 0 aliphatic heterocycles. The molecule has 18 heavy (non-hydrogen) atoms. The molecule has 2 heterocycles. The summed E-state index contributed by atoms with van der Waals surface area (Å²) in [7, 11) is 3.68. The van der Waals surface area contributed by atoms with Gasteiger partial charge in [-0.25, -0.2) is 0 Å². The zero-order valence-corrected chi connectivity index (χ0v) is 11.0. The van der Waals surface area contributed by atoms with Gasteiger partial charge in [-0.05, 0) is 26.0 Å². The van der Waals surface area contributed by atoms with E-state index in [-0.39, 0.29) is 5.78 Å². The molecule has 2 aromatic heterocycles. The van der Waals surface area contributed by atoms with E-state index < -0.39 is 0 Å². The molecule has 0 fully saturated rings. The van der Waals surface area contributed by atoms with Crippen LogP contribution in [0.3, 0.4) is 0 Å². The van der Waals surface area contributed by atoms with Gasteiger partial charge in [-0.1, -0.05) is 0 Å². The second kappa shape index (κ2) is 4.60. The van der Waals surface area contributed by atoms with E-state index >= 15 is 0 Å². The fraction of sp³-hybridized carbons (Fsp3) is 0.308. The van der Waals surface area contributed by atoms with Crippen LogP contribution in [-0.2, 0) is 14.1 Å². The van der Waals surface area contributed by atoms with Crippen LogP contribution in [0.1, 0.15) is 27.3 Å². The van der Waals surface area contributed by atoms with Gasteiger partial charge >= 0.3 is 0 Å². The Kier molecular flexibility index (Phi) is 3.14. The zero-order chi connectivity index (χ0) is 13.3. The lowest BCUT2D eigenvalue weighted by Crippen LogP contribution is -1.98. The normalized spacial score (nSPS) is 11.3. The SMILES string of the molecule is Cc1nn(C)cc1/C=C/C(=O)c1cnn(C)c1C. The third kappa shape index (κ3) is 2.25. The summed E-state index contributed by atoms with van der Waals surface area (Å²) in [6.45, 7) is 3.79. The van der Waals surface area contributed by atoms with Crippen molar-refractivity contribution in [3.05, 3.63) is 41.0 Å². The first-order valence-corrected chi connectivity index (χ1v) is 5.70. The molecule has 0 saturated carbocycles. The zero-order valence-electron chi connectivity index (χ0n) is 11.0. The monoisotopic (exact) mass is 244 g/mol. The van der Waals surface area contributed by atoms with Gasteiger partial charge in [0, 0.05) is 31.5 Å². The number of carbonyl (C=O) groups is 1. The van der Waals surface area contributed by atoms with E-state index in [1.54, 1.807) is 27.7 Å². The number of aromatic nitrogens is 4. The average Bonchev–Trinajstić information content (AvgIpc) is 2.80. The van der Waals surface area contributed by atoms with Gasteiger partial charge in [0.15, 0.2) is 5.78 Å². The summed E-state index contributed by atoms with van der Waals surface area (Å²) < 4.78 is 3.42. The Bertz CT molecular complexity index is 619. The lowest BCUT2D eigenvalue weighted by molar-refractivity contribution is 0.104. The Labute approximate surface area is 106 Å². The maximum atomic E-state index is 12.0. The molecule has 0 atom stereocenters. The molecule has 5 nitrogen and oxygen atoms in total. The molecule has 0 spiro atoms. The van der Waals surface area contributed by atoms with Crippen molar-refractivity contribution >= 4 is 11.9 Å². The Morgan fingerprint density at radius 3 is 2.56 bits per heavy atom. The molecule has 0 saturated heterocycles. The van der Waals surface area contributed by atoms with Crippen molar-refractivity contribution < 1.29 is 4.79 Å². The maximum Gasteiger partial charge on any atom is 0.189 e. The molecule has 94 valence electrons. The number of nitrogens with zero attached hydrogens (tertiary/aromatic N) is 4. The molecule has 0 aliphatic rings. The van der Waals surface area contributed by atoms with E-state index in [1.807, 2.05) is 34.1 Å². The largest absolute Gasteiger partial charge is 0.289 e. The minimum absolute atomic E-state index is 0.0381. The second-order valence-electron chi connectivity index (χ2n) is 4.31. The van der Waals surface area contributed by atoms with Crippen molar-refractivity contribution in [3.8, 4) is 0 Å². The van der Waals surface area contributed by atoms with E-state index in [1.165, 1.54) is 0 Å². The van der Waals surface area contributed by atoms with Crippen molar-refractivity contribution in [2.45, 2.75) is 13.8 Å². The van der Waals surface area contributed by atoms with Crippen LogP contribution in [0.2, 0.25) is 0 Å². The lowest BCUT2D eigenvalue weighted by Gasteiger charge is -1.95. The third-order valence-corrected chi connectivity index (χ3v) is 2.97. The molecular weight excluding hydrogens is 228 g/mol. The van der Waals surface area contributed by atoms with Gasteiger partial charge in [0.25, 0.3) is 0 Å². The molecule has 2 aromatic rings. The highest BCUT2D eigenvalue weighted by Gasteiger charge is 2.10. The molecule has 0 amide bonds. The van der Waals surface area contributed by atoms with Crippen LogP contribution in [0.4, 0.5) is 0 Å². The third-order valence-electron chi connectivity index (χ3n) is 2.97. The van der Waals surface area contributed by atoms with Crippen LogP contribution in [0.15, 0.2) is 18.5 Å². The summed E-state index contributed by atoms with van der Waals surface area (Å²) in [5.74, 6) is -0.0381. The van der Waals surface area contributed by atoms with Crippen LogP contribution in [0.25, 0.3) is 6.08 Å². The van der Waals surface area contributed by atoms with E-state index in [9.17, 15) is 4.79 Å². The van der Waals surface area contributed by atoms with Crippen molar-refractivity contribution in [3.63, 3.8) is 0 Å². The van der Waals surface area contributed by atoms with Gasteiger partial charge < -0.3 is 0 Å². The van der Waals surface area contributed by atoms with E-state index in [0.717, 1.165) is 17.0 Å². The van der Waals surface area contributed by atoms with Crippen molar-refractivity contribution in [2.75, 3.05) is 0 Å². The molecule has 0 aliphatic carbocycles. The molecule has 0 unspecified atom stereocenters. The summed E-state index contributed by atoms with van der Waals surface area (Å²) in [6, 6.07) is 0. The number of aryl methyl sites for hydroxylation is 3. The van der Waals surface area contributed by atoms with Crippen LogP contribution in [0, 0.1) is 13.8 Å². The van der Waals surface area contributed by atoms with Gasteiger partial charge in [-0.3, -0.25) is 14.2 Å². The van der Waals surface area contributed by atoms with Gasteiger partial charge in [0.1, 0.15) is 0 Å².